The minimum absolute atomic E-state index is 0.854. The average molecular weight is 1920 g/mol. The maximum absolute atomic E-state index is 19.0. The van der Waals surface area contributed by atoms with E-state index in [-0.39, 0.29) is 0 Å². The SMILES string of the molecule is Br[C+](Br)Br.F[Te](F)(F)(F)(F)[O][Sb-]([O][Te](F)(F)(F)(F)F)([O][Te](F)(F)(F)(F)F)([O][Te](F)(F)(F)(F)F)([O][Te](F)(F)(F)(F)F)[O][Te](F)(F)(F)(F)F.O=S(=O)(F)Cl. The zero-order chi connectivity index (χ0) is 45.2. The fourth-order valence-corrected chi connectivity index (χ4v) is 134. The van der Waals surface area contributed by atoms with E-state index in [0.29, 0.717) is 0 Å². The van der Waals surface area contributed by atoms with Gasteiger partial charge in [-0.15, -0.1) is 0 Å². The summed E-state index contributed by atoms with van der Waals surface area (Å²) in [5.41, 5.74) is 0. The first-order valence-corrected chi connectivity index (χ1v) is 50.9. The second-order valence-electron chi connectivity index (χ2n) is 7.55. The molecule has 0 spiro atoms. The molecule has 0 aromatic carbocycles. The van der Waals surface area contributed by atoms with Crippen LogP contribution in [-0.4, -0.2) is 139 Å². The maximum atomic E-state index is 12.9. The van der Waals surface area contributed by atoms with Crippen LogP contribution < -0.4 is 0 Å². The van der Waals surface area contributed by atoms with Gasteiger partial charge in [0.15, 0.2) is 0 Å². The first-order chi connectivity index (χ1) is 19.4. The largest absolute Gasteiger partial charge is 0.391 e. The van der Waals surface area contributed by atoms with Crippen molar-refractivity contribution in [1.82, 2.24) is 0 Å². The second kappa shape index (κ2) is 10.7. The van der Waals surface area contributed by atoms with Crippen molar-refractivity contribution in [3.05, 3.63) is 2.65 Å². The third-order valence-electron chi connectivity index (χ3n) is 1.76. The molecule has 0 aromatic heterocycles. The molecule has 0 unspecified atom stereocenters. The Morgan fingerprint density at radius 2 is 0.423 bits per heavy atom. The van der Waals surface area contributed by atoms with Crippen molar-refractivity contribution < 1.29 is 107 Å². The molecule has 52 heavy (non-hydrogen) atoms. The van der Waals surface area contributed by atoms with Gasteiger partial charge >= 0.3 is 238 Å². The summed E-state index contributed by atoms with van der Waals surface area (Å²) in [4.78, 5) is 0. The molecule has 0 atom stereocenters. The minimum Gasteiger partial charge on any atom is -0.177 e. The van der Waals surface area contributed by atoms with Gasteiger partial charge in [-0.1, -0.05) is 3.89 Å². The molecule has 0 aromatic rings. The maximum Gasteiger partial charge on any atom is 0.391 e. The Kier molecular flexibility index (Phi) is 12.6. The van der Waals surface area contributed by atoms with Crippen LogP contribution in [0.15, 0.2) is 0 Å². The smallest absolute Gasteiger partial charge is 0.177 e. The quantitative estimate of drug-likeness (QED) is 0.0826. The van der Waals surface area contributed by atoms with E-state index < -0.39 is 148 Å². The molecule has 0 aliphatic rings. The normalized spacial score (nSPS) is 24.1. The van der Waals surface area contributed by atoms with Crippen LogP contribution in [0, 0.1) is 2.65 Å². The van der Waals surface area contributed by atoms with Gasteiger partial charge in [0, 0.05) is 0 Å². The van der Waals surface area contributed by atoms with Gasteiger partial charge in [-0.2, -0.15) is 8.42 Å². The molecular formula is CBr3ClF31O8SSbTe6. The molecule has 0 rings (SSSR count). The fourth-order valence-electron chi connectivity index (χ4n) is 1.91. The van der Waals surface area contributed by atoms with E-state index in [2.05, 4.69) is 58.5 Å². The van der Waals surface area contributed by atoms with Crippen molar-refractivity contribution in [2.75, 3.05) is 0 Å². The van der Waals surface area contributed by atoms with E-state index in [9.17, 15) is 90.6 Å². The number of halogens is 35. The third-order valence-corrected chi connectivity index (χ3v) is 79.1. The van der Waals surface area contributed by atoms with Crippen molar-refractivity contribution in [2.45, 2.75) is 0 Å². The molecule has 0 saturated heterocycles. The van der Waals surface area contributed by atoms with Crippen molar-refractivity contribution in [2.24, 2.45) is 0 Å². The molecular weight excluding hydrogens is 1920 g/mol. The van der Waals surface area contributed by atoms with E-state index >= 15 is 0 Å². The predicted molar refractivity (Wildman–Crippen MR) is 126 cm³/mol. The van der Waals surface area contributed by atoms with Gasteiger partial charge in [0.2, 0.25) is 47.8 Å². The van der Waals surface area contributed by atoms with Crippen molar-refractivity contribution >= 4 is 199 Å². The van der Waals surface area contributed by atoms with Crippen molar-refractivity contribution in [3.8, 4) is 0 Å². The van der Waals surface area contributed by atoms with Crippen LogP contribution in [0.5, 0.6) is 0 Å². The molecule has 0 amide bonds. The van der Waals surface area contributed by atoms with Gasteiger partial charge in [-0.3, -0.25) is 0 Å². The molecule has 0 radical (unpaired) electrons. The summed E-state index contributed by atoms with van der Waals surface area (Å²) >= 11 is -108. The van der Waals surface area contributed by atoms with Gasteiger partial charge in [0.1, 0.15) is 0 Å². The van der Waals surface area contributed by atoms with E-state index in [4.69, 9.17) is 8.42 Å². The van der Waals surface area contributed by atoms with Gasteiger partial charge in [-0.05, 0) is 0 Å². The Balaban J connectivity index is -0.00000236. The monoisotopic (exact) mass is 1930 g/mol. The Morgan fingerprint density at radius 1 is 0.365 bits per heavy atom. The van der Waals surface area contributed by atoms with Crippen LogP contribution in [0.2, 0.25) is 0 Å². The number of hydrogen-bond donors (Lipinski definition) is 0. The molecule has 51 heteroatoms. The van der Waals surface area contributed by atoms with E-state index in [1.807, 2.05) is 0 Å². The van der Waals surface area contributed by atoms with Crippen LogP contribution in [-0.2, 0) is 17.7 Å². The van der Waals surface area contributed by atoms with Crippen LogP contribution >= 0.6 is 58.5 Å². The van der Waals surface area contributed by atoms with Crippen molar-refractivity contribution in [1.29, 1.82) is 0 Å². The van der Waals surface area contributed by atoms with E-state index in [1.54, 1.807) is 0 Å². The summed E-state index contributed by atoms with van der Waals surface area (Å²) in [5, 5.41) is 0. The topological polar surface area (TPSA) is 89.5 Å². The standard InChI is InChI=1S/CBr3.ClFO2S.6F5HOTe.Sb/c2-1(3)4;1-5(2,3)4;6*1-7(2,3,4,5)6;/h;;6*6H;/q+1;;;;;;;;+5/p-6. The molecule has 0 heterocycles. The van der Waals surface area contributed by atoms with Crippen molar-refractivity contribution in [3.63, 3.8) is 0 Å². The van der Waals surface area contributed by atoms with Gasteiger partial charge in [0.05, 0.1) is 10.7 Å². The number of rotatable bonds is 12. The Bertz CT molecular complexity index is 1290. The summed E-state index contributed by atoms with van der Waals surface area (Å²) in [5.74, 6) is 0. The molecule has 0 bridgehead atoms. The first kappa shape index (κ1) is 61.0. The molecule has 0 aliphatic carbocycles. The summed E-state index contributed by atoms with van der Waals surface area (Å²) in [6.07, 6.45) is 0. The molecule has 0 fully saturated rings. The third kappa shape index (κ3) is 37.7. The van der Waals surface area contributed by atoms with E-state index in [1.165, 1.54) is 0 Å². The summed E-state index contributed by atoms with van der Waals surface area (Å²) in [7, 11) is -0.859. The molecule has 344 valence electrons. The summed E-state index contributed by atoms with van der Waals surface area (Å²) in [6, 6.07) is 0. The fraction of sp³-hybridized carbons (Fsp3) is 0. The Morgan fingerprint density at radius 3 is 0.462 bits per heavy atom. The molecule has 0 aliphatic heterocycles. The van der Waals surface area contributed by atoms with Crippen LogP contribution in [0.3, 0.4) is 0 Å². The molecule has 0 N–H and O–H groups in total. The van der Waals surface area contributed by atoms with Crippen LogP contribution in [0.1, 0.15) is 0 Å². The van der Waals surface area contributed by atoms with Gasteiger partial charge < -0.3 is 0 Å². The van der Waals surface area contributed by atoms with Gasteiger partial charge in [0.25, 0.3) is 0 Å². The van der Waals surface area contributed by atoms with Crippen LogP contribution in [0.4, 0.5) is 90.6 Å². The van der Waals surface area contributed by atoms with Gasteiger partial charge in [-0.25, -0.2) is 0 Å². The summed E-state index contributed by atoms with van der Waals surface area (Å²) < 4.78 is 409. The van der Waals surface area contributed by atoms with Crippen LogP contribution in [0.25, 0.3) is 0 Å². The molecule has 0 saturated carbocycles. The zero-order valence-electron chi connectivity index (χ0n) is 20.3. The number of hydrogen-bond acceptors (Lipinski definition) is 8. The first-order valence-electron chi connectivity index (χ1n) is 7.93. The average Bonchev–Trinajstić information content (AvgIpc) is 2.12. The second-order valence-corrected chi connectivity index (χ2v) is 71.8. The summed E-state index contributed by atoms with van der Waals surface area (Å²) in [6.45, 7) is 0. The minimum atomic E-state index is -19.0. The molecule has 8 nitrogen and oxygen atoms in total. The predicted octanol–water partition coefficient (Wildman–Crippen LogP) is 12.6. The Labute approximate surface area is 303 Å². The zero-order valence-corrected chi connectivity index (χ0v) is 43.2. The Hall–Kier alpha value is 4.70. The van der Waals surface area contributed by atoms with E-state index in [0.717, 1.165) is 2.65 Å².